The van der Waals surface area contributed by atoms with Gasteiger partial charge in [0.05, 0.1) is 25.1 Å². The minimum absolute atomic E-state index is 0.0141. The van der Waals surface area contributed by atoms with E-state index < -0.39 is 17.1 Å². The van der Waals surface area contributed by atoms with Crippen LogP contribution in [0.15, 0.2) is 15.7 Å². The van der Waals surface area contributed by atoms with Crippen LogP contribution < -0.4 is 20.7 Å². The normalized spacial score (nSPS) is 10.5. The van der Waals surface area contributed by atoms with E-state index in [4.69, 9.17) is 9.47 Å². The van der Waals surface area contributed by atoms with Crippen LogP contribution in [0.3, 0.4) is 0 Å². The molecule has 2 rings (SSSR count). The van der Waals surface area contributed by atoms with Gasteiger partial charge in [-0.05, 0) is 6.07 Å². The lowest BCUT2D eigenvalue weighted by Gasteiger charge is -2.09. The maximum absolute atomic E-state index is 13.9. The second-order valence-electron chi connectivity index (χ2n) is 3.26. The number of nitrogens with one attached hydrogen (secondary N) is 2. The number of hydrogen-bond donors (Lipinski definition) is 2. The molecule has 2 aromatic rings. The fourth-order valence-corrected chi connectivity index (χ4v) is 1.57. The molecule has 0 amide bonds. The molecule has 1 aromatic carbocycles. The van der Waals surface area contributed by atoms with Gasteiger partial charge >= 0.3 is 5.69 Å². The van der Waals surface area contributed by atoms with Gasteiger partial charge in [0.2, 0.25) is 0 Å². The Labute approximate surface area is 94.0 Å². The number of aromatic amines is 2. The van der Waals surface area contributed by atoms with Gasteiger partial charge in [0.1, 0.15) is 0 Å². The summed E-state index contributed by atoms with van der Waals surface area (Å²) in [5.74, 6) is -0.929. The molecule has 0 atom stereocenters. The lowest BCUT2D eigenvalue weighted by Crippen LogP contribution is -2.22. The first-order valence-electron chi connectivity index (χ1n) is 4.65. The number of ether oxygens (including phenoxy) is 2. The van der Waals surface area contributed by atoms with E-state index in [-0.39, 0.29) is 22.4 Å². The Morgan fingerprint density at radius 1 is 1.18 bits per heavy atom. The molecule has 0 aliphatic heterocycles. The second-order valence-corrected chi connectivity index (χ2v) is 3.26. The topological polar surface area (TPSA) is 84.2 Å². The molecule has 2 N–H and O–H groups in total. The van der Waals surface area contributed by atoms with Gasteiger partial charge in [0, 0.05) is 0 Å². The van der Waals surface area contributed by atoms with Crippen molar-refractivity contribution in [3.05, 3.63) is 32.7 Å². The van der Waals surface area contributed by atoms with Crippen molar-refractivity contribution >= 4 is 10.9 Å². The summed E-state index contributed by atoms with van der Waals surface area (Å²) in [7, 11) is 2.58. The van der Waals surface area contributed by atoms with Crippen LogP contribution in [0, 0.1) is 5.82 Å². The number of aromatic nitrogens is 2. The molecular formula is C10H9FN2O4. The van der Waals surface area contributed by atoms with E-state index in [2.05, 4.69) is 4.98 Å². The lowest BCUT2D eigenvalue weighted by atomic mass is 10.2. The molecule has 0 unspecified atom stereocenters. The number of hydrogen-bond acceptors (Lipinski definition) is 4. The van der Waals surface area contributed by atoms with Crippen LogP contribution in [-0.2, 0) is 0 Å². The van der Waals surface area contributed by atoms with Crippen molar-refractivity contribution in [3.8, 4) is 11.5 Å². The zero-order valence-electron chi connectivity index (χ0n) is 9.09. The van der Waals surface area contributed by atoms with E-state index in [1.807, 2.05) is 4.98 Å². The van der Waals surface area contributed by atoms with Gasteiger partial charge in [0.15, 0.2) is 17.3 Å². The maximum atomic E-state index is 13.9. The average molecular weight is 240 g/mol. The molecule has 1 heterocycles. The van der Waals surface area contributed by atoms with Crippen molar-refractivity contribution in [2.75, 3.05) is 14.2 Å². The van der Waals surface area contributed by atoms with Crippen LogP contribution in [0.25, 0.3) is 10.9 Å². The number of H-pyrrole nitrogens is 2. The quantitative estimate of drug-likeness (QED) is 0.794. The zero-order chi connectivity index (χ0) is 12.6. The van der Waals surface area contributed by atoms with Crippen molar-refractivity contribution in [2.24, 2.45) is 0 Å². The van der Waals surface area contributed by atoms with Gasteiger partial charge in [-0.15, -0.1) is 0 Å². The van der Waals surface area contributed by atoms with Crippen molar-refractivity contribution in [1.82, 2.24) is 9.97 Å². The van der Waals surface area contributed by atoms with E-state index in [1.165, 1.54) is 20.3 Å². The molecule has 17 heavy (non-hydrogen) atoms. The van der Waals surface area contributed by atoms with Gasteiger partial charge in [-0.25, -0.2) is 9.18 Å². The van der Waals surface area contributed by atoms with E-state index >= 15 is 0 Å². The predicted octanol–water partition coefficient (Wildman–Crippen LogP) is 0.373. The van der Waals surface area contributed by atoms with Crippen LogP contribution in [0.4, 0.5) is 4.39 Å². The highest BCUT2D eigenvalue weighted by molar-refractivity contribution is 5.82. The van der Waals surface area contributed by atoms with Gasteiger partial charge in [-0.3, -0.25) is 9.78 Å². The molecule has 0 aliphatic rings. The van der Waals surface area contributed by atoms with Crippen LogP contribution in [0.5, 0.6) is 11.5 Å². The SMILES string of the molecule is COc1cc2c(=O)[nH]c(=O)[nH]c2c(F)c1OC. The highest BCUT2D eigenvalue weighted by Gasteiger charge is 2.17. The summed E-state index contributed by atoms with van der Waals surface area (Å²) in [6.07, 6.45) is 0. The molecule has 6 nitrogen and oxygen atoms in total. The highest BCUT2D eigenvalue weighted by Crippen LogP contribution is 2.33. The molecule has 0 aliphatic carbocycles. The molecule has 0 saturated heterocycles. The Kier molecular flexibility index (Phi) is 2.58. The molecule has 0 bridgehead atoms. The van der Waals surface area contributed by atoms with Crippen molar-refractivity contribution in [2.45, 2.75) is 0 Å². The summed E-state index contributed by atoms with van der Waals surface area (Å²) < 4.78 is 23.7. The minimum atomic E-state index is -0.843. The first kappa shape index (κ1) is 11.2. The minimum Gasteiger partial charge on any atom is -0.493 e. The lowest BCUT2D eigenvalue weighted by molar-refractivity contribution is 0.339. The van der Waals surface area contributed by atoms with Gasteiger partial charge in [-0.2, -0.15) is 0 Å². The smallest absolute Gasteiger partial charge is 0.326 e. The summed E-state index contributed by atoms with van der Waals surface area (Å²) >= 11 is 0. The Bertz CT molecular complexity index is 689. The van der Waals surface area contributed by atoms with Crippen molar-refractivity contribution < 1.29 is 13.9 Å². The Balaban J connectivity index is 3.00. The Hall–Kier alpha value is -2.31. The van der Waals surface area contributed by atoms with E-state index in [0.29, 0.717) is 0 Å². The maximum Gasteiger partial charge on any atom is 0.326 e. The highest BCUT2D eigenvalue weighted by atomic mass is 19.1. The Morgan fingerprint density at radius 3 is 2.47 bits per heavy atom. The molecule has 7 heteroatoms. The molecule has 0 radical (unpaired) electrons. The van der Waals surface area contributed by atoms with E-state index in [1.54, 1.807) is 0 Å². The van der Waals surface area contributed by atoms with E-state index in [0.717, 1.165) is 0 Å². The summed E-state index contributed by atoms with van der Waals surface area (Å²) in [5.41, 5.74) is -1.69. The van der Waals surface area contributed by atoms with Gasteiger partial charge in [0.25, 0.3) is 5.56 Å². The summed E-state index contributed by atoms with van der Waals surface area (Å²) in [6.45, 7) is 0. The number of fused-ring (bicyclic) bond motifs is 1. The summed E-state index contributed by atoms with van der Waals surface area (Å²) in [5, 5.41) is -0.0141. The Morgan fingerprint density at radius 2 is 1.88 bits per heavy atom. The van der Waals surface area contributed by atoms with Crippen LogP contribution in [-0.4, -0.2) is 24.2 Å². The molecule has 0 fully saturated rings. The zero-order valence-corrected chi connectivity index (χ0v) is 9.09. The molecule has 0 spiro atoms. The van der Waals surface area contributed by atoms with E-state index in [9.17, 15) is 14.0 Å². The molecular weight excluding hydrogens is 231 g/mol. The average Bonchev–Trinajstić information content (AvgIpc) is 2.30. The number of benzene rings is 1. The van der Waals surface area contributed by atoms with Crippen LogP contribution in [0.2, 0.25) is 0 Å². The number of rotatable bonds is 2. The standard InChI is InChI=1S/C10H9FN2O4/c1-16-5-3-4-7(6(11)8(5)17-2)12-10(15)13-9(4)14/h3H,1-2H3,(H2,12,13,14,15). The first-order chi connectivity index (χ1) is 8.08. The fourth-order valence-electron chi connectivity index (χ4n) is 1.57. The van der Waals surface area contributed by atoms with Crippen LogP contribution in [0.1, 0.15) is 0 Å². The number of methoxy groups -OCH3 is 2. The fraction of sp³-hybridized carbons (Fsp3) is 0.200. The third-order valence-corrected chi connectivity index (χ3v) is 2.32. The summed E-state index contributed by atoms with van der Waals surface area (Å²) in [4.78, 5) is 26.7. The summed E-state index contributed by atoms with van der Waals surface area (Å²) in [6, 6.07) is 1.30. The van der Waals surface area contributed by atoms with Gasteiger partial charge < -0.3 is 14.5 Å². The first-order valence-corrected chi connectivity index (χ1v) is 4.65. The van der Waals surface area contributed by atoms with Crippen LogP contribution >= 0.6 is 0 Å². The largest absolute Gasteiger partial charge is 0.493 e. The monoisotopic (exact) mass is 240 g/mol. The third kappa shape index (κ3) is 1.65. The molecule has 0 saturated carbocycles. The number of halogens is 1. The second kappa shape index (κ2) is 3.93. The van der Waals surface area contributed by atoms with Gasteiger partial charge in [-0.1, -0.05) is 0 Å². The van der Waals surface area contributed by atoms with Crippen molar-refractivity contribution in [3.63, 3.8) is 0 Å². The van der Waals surface area contributed by atoms with Crippen molar-refractivity contribution in [1.29, 1.82) is 0 Å². The molecule has 1 aromatic heterocycles. The third-order valence-electron chi connectivity index (χ3n) is 2.32. The molecule has 90 valence electrons. The predicted molar refractivity (Wildman–Crippen MR) is 58.3 cm³/mol.